The first kappa shape index (κ1) is 17.2. The van der Waals surface area contributed by atoms with E-state index in [2.05, 4.69) is 10.2 Å². The maximum absolute atomic E-state index is 11.2. The van der Waals surface area contributed by atoms with Gasteiger partial charge in [0.15, 0.2) is 0 Å². The molecule has 1 aliphatic heterocycles. The Morgan fingerprint density at radius 3 is 2.45 bits per heavy atom. The second kappa shape index (κ2) is 7.92. The first-order valence-electron chi connectivity index (χ1n) is 7.61. The quantitative estimate of drug-likeness (QED) is 0.768. The van der Waals surface area contributed by atoms with Crippen LogP contribution in [0.5, 0.6) is 5.75 Å². The van der Waals surface area contributed by atoms with Gasteiger partial charge in [0, 0.05) is 6.54 Å². The molecule has 0 spiro atoms. The van der Waals surface area contributed by atoms with Gasteiger partial charge in [0.25, 0.3) is 0 Å². The van der Waals surface area contributed by atoms with Gasteiger partial charge < -0.3 is 10.1 Å². The van der Waals surface area contributed by atoms with Gasteiger partial charge in [-0.15, -0.1) is 0 Å². The molecule has 0 amide bonds. The van der Waals surface area contributed by atoms with E-state index >= 15 is 0 Å². The molecule has 1 aromatic rings. The number of nitrogens with two attached hydrogens (primary N) is 1. The van der Waals surface area contributed by atoms with Gasteiger partial charge in [0.05, 0.1) is 4.90 Å². The zero-order chi connectivity index (χ0) is 16.0. The molecule has 2 rings (SSSR count). The summed E-state index contributed by atoms with van der Waals surface area (Å²) in [5, 5.41) is 8.29. The van der Waals surface area contributed by atoms with Crippen molar-refractivity contribution in [2.75, 3.05) is 39.8 Å². The lowest BCUT2D eigenvalue weighted by molar-refractivity contribution is 0.155. The molecule has 7 heteroatoms. The molecule has 0 saturated carbocycles. The fourth-order valence-corrected chi connectivity index (χ4v) is 3.24. The summed E-state index contributed by atoms with van der Waals surface area (Å²) in [6.45, 7) is 4.81. The van der Waals surface area contributed by atoms with E-state index in [0.717, 1.165) is 32.1 Å². The average molecular weight is 327 g/mol. The zero-order valence-corrected chi connectivity index (χ0v) is 13.8. The van der Waals surface area contributed by atoms with Crippen molar-refractivity contribution in [1.29, 1.82) is 0 Å². The van der Waals surface area contributed by atoms with E-state index in [-0.39, 0.29) is 4.90 Å². The van der Waals surface area contributed by atoms with Crippen LogP contribution in [0.25, 0.3) is 0 Å². The predicted molar refractivity (Wildman–Crippen MR) is 86.4 cm³/mol. The van der Waals surface area contributed by atoms with Crippen LogP contribution in [0.15, 0.2) is 29.2 Å². The van der Waals surface area contributed by atoms with Crippen LogP contribution in [0.4, 0.5) is 0 Å². The highest BCUT2D eigenvalue weighted by atomic mass is 32.2. The molecule has 0 aromatic heterocycles. The number of piperidine rings is 1. The number of likely N-dealkylation sites (tertiary alicyclic amines) is 1. The molecule has 1 fully saturated rings. The molecule has 0 radical (unpaired) electrons. The highest BCUT2D eigenvalue weighted by Crippen LogP contribution is 2.17. The number of primary sulfonamides is 1. The summed E-state index contributed by atoms with van der Waals surface area (Å²) < 4.78 is 28.0. The van der Waals surface area contributed by atoms with Crippen molar-refractivity contribution in [3.8, 4) is 5.75 Å². The molecule has 124 valence electrons. The number of hydrogen-bond donors (Lipinski definition) is 2. The van der Waals surface area contributed by atoms with Crippen molar-refractivity contribution in [3.63, 3.8) is 0 Å². The summed E-state index contributed by atoms with van der Waals surface area (Å²) >= 11 is 0. The van der Waals surface area contributed by atoms with Gasteiger partial charge >= 0.3 is 0 Å². The highest BCUT2D eigenvalue weighted by Gasteiger charge is 2.18. The lowest BCUT2D eigenvalue weighted by Crippen LogP contribution is -2.38. The van der Waals surface area contributed by atoms with Crippen LogP contribution in [0.3, 0.4) is 0 Å². The topological polar surface area (TPSA) is 84.7 Å². The van der Waals surface area contributed by atoms with E-state index in [4.69, 9.17) is 9.88 Å². The molecule has 0 unspecified atom stereocenters. The van der Waals surface area contributed by atoms with Crippen molar-refractivity contribution in [3.05, 3.63) is 24.3 Å². The molecule has 1 heterocycles. The number of sulfonamides is 1. The monoisotopic (exact) mass is 327 g/mol. The Kier molecular flexibility index (Phi) is 6.19. The molecule has 6 nitrogen and oxygen atoms in total. The largest absolute Gasteiger partial charge is 0.492 e. The summed E-state index contributed by atoms with van der Waals surface area (Å²) in [5.41, 5.74) is 0. The van der Waals surface area contributed by atoms with Crippen molar-refractivity contribution in [2.24, 2.45) is 11.1 Å². The minimum absolute atomic E-state index is 0.103. The number of ether oxygens (including phenoxy) is 1. The molecular weight excluding hydrogens is 302 g/mol. The first-order chi connectivity index (χ1) is 10.5. The minimum atomic E-state index is -3.64. The summed E-state index contributed by atoms with van der Waals surface area (Å²) in [6, 6.07) is 6.21. The normalized spacial score (nSPS) is 17.5. The second-order valence-corrected chi connectivity index (χ2v) is 7.27. The molecule has 1 aromatic carbocycles. The first-order valence-corrected chi connectivity index (χ1v) is 9.16. The Labute approximate surface area is 132 Å². The molecular formula is C15H25N3O3S. The van der Waals surface area contributed by atoms with Crippen LogP contribution < -0.4 is 15.2 Å². The zero-order valence-electron chi connectivity index (χ0n) is 13.0. The molecule has 22 heavy (non-hydrogen) atoms. The molecule has 0 aliphatic carbocycles. The summed E-state index contributed by atoms with van der Waals surface area (Å²) in [5.74, 6) is 1.45. The number of hydrogen-bond acceptors (Lipinski definition) is 5. The van der Waals surface area contributed by atoms with Gasteiger partial charge in [0.1, 0.15) is 12.4 Å². The maximum Gasteiger partial charge on any atom is 0.238 e. The van der Waals surface area contributed by atoms with Gasteiger partial charge in [-0.1, -0.05) is 0 Å². The van der Waals surface area contributed by atoms with Gasteiger partial charge in [-0.05, 0) is 69.7 Å². The lowest BCUT2D eigenvalue weighted by atomic mass is 9.97. The van der Waals surface area contributed by atoms with Crippen LogP contribution in [0.2, 0.25) is 0 Å². The summed E-state index contributed by atoms with van der Waals surface area (Å²) in [6.07, 6.45) is 2.45. The van der Waals surface area contributed by atoms with Gasteiger partial charge in [-0.2, -0.15) is 0 Å². The smallest absolute Gasteiger partial charge is 0.238 e. The van der Waals surface area contributed by atoms with E-state index in [9.17, 15) is 8.42 Å². The molecule has 1 aliphatic rings. The van der Waals surface area contributed by atoms with Gasteiger partial charge in [-0.25, -0.2) is 13.6 Å². The Hall–Kier alpha value is -1.15. The van der Waals surface area contributed by atoms with Crippen LogP contribution in [-0.2, 0) is 10.0 Å². The van der Waals surface area contributed by atoms with E-state index < -0.39 is 10.0 Å². The Balaban J connectivity index is 1.71. The third-order valence-corrected chi connectivity index (χ3v) is 4.96. The standard InChI is InChI=1S/C15H25N3O3S/c1-17-12-13-6-8-18(9-7-13)10-11-21-14-2-4-15(5-3-14)22(16,19)20/h2-5,13,17H,6-12H2,1H3,(H2,16,19,20). The Morgan fingerprint density at radius 2 is 1.91 bits per heavy atom. The van der Waals surface area contributed by atoms with Crippen molar-refractivity contribution < 1.29 is 13.2 Å². The highest BCUT2D eigenvalue weighted by molar-refractivity contribution is 7.89. The number of benzene rings is 1. The fourth-order valence-electron chi connectivity index (χ4n) is 2.72. The summed E-state index contributed by atoms with van der Waals surface area (Å²) in [7, 11) is -1.63. The fraction of sp³-hybridized carbons (Fsp3) is 0.600. The molecule has 1 saturated heterocycles. The Bertz CT molecular complexity index is 552. The minimum Gasteiger partial charge on any atom is -0.492 e. The lowest BCUT2D eigenvalue weighted by Gasteiger charge is -2.31. The van der Waals surface area contributed by atoms with Crippen LogP contribution in [-0.4, -0.2) is 53.2 Å². The third kappa shape index (κ3) is 5.24. The predicted octanol–water partition coefficient (Wildman–Crippen LogP) is 0.644. The van der Waals surface area contributed by atoms with Crippen molar-refractivity contribution in [2.45, 2.75) is 17.7 Å². The van der Waals surface area contributed by atoms with Crippen LogP contribution in [0.1, 0.15) is 12.8 Å². The molecule has 0 atom stereocenters. The summed E-state index contributed by atoms with van der Waals surface area (Å²) in [4.78, 5) is 2.51. The maximum atomic E-state index is 11.2. The van der Waals surface area contributed by atoms with E-state index in [1.807, 2.05) is 7.05 Å². The van der Waals surface area contributed by atoms with Crippen LogP contribution >= 0.6 is 0 Å². The third-order valence-electron chi connectivity index (χ3n) is 4.03. The van der Waals surface area contributed by atoms with Crippen molar-refractivity contribution >= 4 is 10.0 Å². The second-order valence-electron chi connectivity index (χ2n) is 5.71. The van der Waals surface area contributed by atoms with E-state index in [1.54, 1.807) is 12.1 Å². The Morgan fingerprint density at radius 1 is 1.27 bits per heavy atom. The number of nitrogens with one attached hydrogen (secondary N) is 1. The average Bonchev–Trinajstić information content (AvgIpc) is 2.49. The van der Waals surface area contributed by atoms with E-state index in [0.29, 0.717) is 12.4 Å². The SMILES string of the molecule is CNCC1CCN(CCOc2ccc(S(N)(=O)=O)cc2)CC1. The molecule has 3 N–H and O–H groups in total. The number of rotatable bonds is 7. The number of nitrogens with zero attached hydrogens (tertiary/aromatic N) is 1. The van der Waals surface area contributed by atoms with Crippen LogP contribution in [0, 0.1) is 5.92 Å². The molecule has 0 bridgehead atoms. The van der Waals surface area contributed by atoms with Gasteiger partial charge in [-0.3, -0.25) is 4.90 Å². The van der Waals surface area contributed by atoms with Gasteiger partial charge in [0.2, 0.25) is 10.0 Å². The van der Waals surface area contributed by atoms with Crippen molar-refractivity contribution in [1.82, 2.24) is 10.2 Å². The van der Waals surface area contributed by atoms with E-state index in [1.165, 1.54) is 25.0 Å².